The van der Waals surface area contributed by atoms with Crippen molar-refractivity contribution < 1.29 is 75.1 Å². The van der Waals surface area contributed by atoms with Gasteiger partial charge in [-0.25, -0.2) is 15.0 Å². The molecule has 3 heterocycles. The molecule has 0 bridgehead atoms. The van der Waals surface area contributed by atoms with Crippen LogP contribution in [0.2, 0.25) is 0 Å². The maximum atomic E-state index is 14.0. The largest absolute Gasteiger partial charge is 0.573 e. The average molecular weight is 702 g/mol. The van der Waals surface area contributed by atoms with Crippen molar-refractivity contribution in [2.24, 2.45) is 0 Å². The number of benzene rings is 1. The smallest absolute Gasteiger partial charge is 0.406 e. The maximum absolute atomic E-state index is 14.0. The molecule has 0 amide bonds. The fraction of sp³-hybridized carbons (Fsp3) is 0.458. The number of aliphatic hydroxyl groups is 1. The van der Waals surface area contributed by atoms with Crippen LogP contribution in [0.5, 0.6) is 11.5 Å². The second-order valence-electron chi connectivity index (χ2n) is 9.80. The monoisotopic (exact) mass is 702 g/mol. The predicted octanol–water partition coefficient (Wildman–Crippen LogP) is 5.93. The van der Waals surface area contributed by atoms with Gasteiger partial charge in [0.15, 0.2) is 5.75 Å². The normalized spacial score (nSPS) is 17.2. The highest BCUT2D eigenvalue weighted by Gasteiger charge is 2.86. The Kier molecular flexibility index (Phi) is 9.07. The molecule has 46 heavy (non-hydrogen) atoms. The number of nitrogens with zero attached hydrogens (tertiary/aromatic N) is 4. The number of piperidine rings is 1. The summed E-state index contributed by atoms with van der Waals surface area (Å²) in [5.41, 5.74) is 0.114. The van der Waals surface area contributed by atoms with Crippen molar-refractivity contribution in [2.75, 3.05) is 13.1 Å². The summed E-state index contributed by atoms with van der Waals surface area (Å²) in [5.74, 6) is -17.1. The molecule has 1 aromatic carbocycles. The third kappa shape index (κ3) is 6.59. The van der Waals surface area contributed by atoms with Gasteiger partial charge >= 0.3 is 39.8 Å². The van der Waals surface area contributed by atoms with Crippen LogP contribution in [0.3, 0.4) is 0 Å². The zero-order valence-corrected chi connectivity index (χ0v) is 23.2. The van der Waals surface area contributed by atoms with Crippen LogP contribution < -0.4 is 8.92 Å². The molecular weight excluding hydrogens is 684 g/mol. The first-order valence-electron chi connectivity index (χ1n) is 12.5. The van der Waals surface area contributed by atoms with Gasteiger partial charge in [0.1, 0.15) is 23.8 Å². The van der Waals surface area contributed by atoms with Gasteiger partial charge in [-0.15, -0.1) is 13.2 Å². The summed E-state index contributed by atoms with van der Waals surface area (Å²) < 4.78 is 187. The molecule has 1 N–H and O–H groups in total. The molecule has 254 valence electrons. The van der Waals surface area contributed by atoms with Gasteiger partial charge in [0.2, 0.25) is 0 Å². The zero-order valence-electron chi connectivity index (χ0n) is 22.3. The van der Waals surface area contributed by atoms with Crippen LogP contribution in [0.15, 0.2) is 42.9 Å². The predicted molar refractivity (Wildman–Crippen MR) is 129 cm³/mol. The molecule has 1 unspecified atom stereocenters. The Morgan fingerprint density at radius 2 is 1.41 bits per heavy atom. The zero-order chi connectivity index (χ0) is 34.5. The number of aliphatic hydroxyl groups excluding tert-OH is 1. The van der Waals surface area contributed by atoms with Gasteiger partial charge in [-0.2, -0.15) is 47.9 Å². The molecule has 9 nitrogen and oxygen atoms in total. The van der Waals surface area contributed by atoms with E-state index < -0.39 is 63.4 Å². The first-order chi connectivity index (χ1) is 21.0. The van der Waals surface area contributed by atoms with E-state index in [1.54, 1.807) is 4.90 Å². The highest BCUT2D eigenvalue weighted by Crippen LogP contribution is 2.55. The lowest BCUT2D eigenvalue weighted by atomic mass is 9.92. The Balaban J connectivity index is 1.48. The number of aromatic nitrogens is 3. The van der Waals surface area contributed by atoms with Crippen LogP contribution in [0.1, 0.15) is 36.2 Å². The molecule has 1 aliphatic rings. The van der Waals surface area contributed by atoms with E-state index in [1.165, 1.54) is 12.1 Å². The van der Waals surface area contributed by atoms with Gasteiger partial charge in [0.05, 0.1) is 17.4 Å². The summed E-state index contributed by atoms with van der Waals surface area (Å²) in [5, 5.41) is 3.61. The van der Waals surface area contributed by atoms with Crippen molar-refractivity contribution in [2.45, 2.75) is 54.6 Å². The topological polar surface area (TPSA) is 115 Å². The molecule has 0 spiro atoms. The second-order valence-corrected chi connectivity index (χ2v) is 11.4. The third-order valence-corrected chi connectivity index (χ3v) is 8.08. The highest BCUT2D eigenvalue weighted by molar-refractivity contribution is 7.88. The van der Waals surface area contributed by atoms with Gasteiger partial charge in [-0.3, -0.25) is 4.90 Å². The van der Waals surface area contributed by atoms with E-state index >= 15 is 0 Å². The molecule has 0 aliphatic carbocycles. The number of pyridine rings is 1. The molecule has 22 heteroatoms. The number of fused-ring (bicyclic) bond motifs is 1. The SMILES string of the molecule is O=S(=O)(Oc1cnc2c(C3CCN(C(O)c4ccc(OC(F)(F)F)cc4)CC3)ncnc2c1)C(F)(F)C(F)(F)C(F)(F)C(F)(F)F. The number of hydrogen-bond acceptors (Lipinski definition) is 9. The molecule has 0 radical (unpaired) electrons. The molecule has 4 rings (SSSR count). The first kappa shape index (κ1) is 35.2. The van der Waals surface area contributed by atoms with Crippen LogP contribution in [0.4, 0.5) is 52.7 Å². The van der Waals surface area contributed by atoms with Crippen LogP contribution in [0, 0.1) is 0 Å². The lowest BCUT2D eigenvalue weighted by Crippen LogP contribution is -2.63. The number of halogens is 12. The van der Waals surface area contributed by atoms with E-state index in [-0.39, 0.29) is 35.4 Å². The third-order valence-electron chi connectivity index (χ3n) is 6.79. The van der Waals surface area contributed by atoms with E-state index in [0.29, 0.717) is 25.1 Å². The van der Waals surface area contributed by atoms with E-state index in [4.69, 9.17) is 0 Å². The van der Waals surface area contributed by atoms with Crippen LogP contribution in [-0.4, -0.2) is 76.1 Å². The molecule has 1 fully saturated rings. The fourth-order valence-corrected chi connectivity index (χ4v) is 5.35. The van der Waals surface area contributed by atoms with E-state index in [2.05, 4.69) is 23.9 Å². The summed E-state index contributed by atoms with van der Waals surface area (Å²) in [6.07, 6.45) is -11.5. The van der Waals surface area contributed by atoms with Crippen molar-refractivity contribution in [3.63, 3.8) is 0 Å². The first-order valence-corrected chi connectivity index (χ1v) is 13.9. The minimum absolute atomic E-state index is 0.0628. The number of rotatable bonds is 9. The Bertz CT molecular complexity index is 1660. The highest BCUT2D eigenvalue weighted by atomic mass is 32.2. The minimum Gasteiger partial charge on any atom is -0.406 e. The lowest BCUT2D eigenvalue weighted by Gasteiger charge is -2.35. The maximum Gasteiger partial charge on any atom is 0.573 e. The number of ether oxygens (including phenoxy) is 1. The van der Waals surface area contributed by atoms with Crippen LogP contribution in [0.25, 0.3) is 11.0 Å². The number of likely N-dealkylation sites (tertiary alicyclic amines) is 1. The summed E-state index contributed by atoms with van der Waals surface area (Å²) in [7, 11) is -7.19. The van der Waals surface area contributed by atoms with Crippen LogP contribution >= 0.6 is 0 Å². The van der Waals surface area contributed by atoms with E-state index in [9.17, 15) is 66.2 Å². The molecule has 3 aromatic rings. The molecular formula is C24H18F12N4O5S. The van der Waals surface area contributed by atoms with Crippen molar-refractivity contribution in [1.82, 2.24) is 19.9 Å². The Morgan fingerprint density at radius 3 is 1.96 bits per heavy atom. The van der Waals surface area contributed by atoms with Crippen molar-refractivity contribution >= 4 is 21.2 Å². The van der Waals surface area contributed by atoms with Gasteiger partial charge in [0, 0.05) is 25.1 Å². The summed E-state index contributed by atoms with van der Waals surface area (Å²) >= 11 is 0. The standard InChI is InChI=1S/C24H18F12N4O5S/c25-20(26,22(29,30)31)21(27,28)23(32,33)46(42,43)45-15-9-16-18(37-10-15)17(39-11-38-16)12-5-7-40(8-6-12)19(41)13-1-3-14(4-2-13)44-24(34,35)36/h1-4,9-12,19,41H,5-8H2. The Morgan fingerprint density at radius 1 is 0.826 bits per heavy atom. The summed E-state index contributed by atoms with van der Waals surface area (Å²) in [4.78, 5) is 13.2. The minimum atomic E-state index is -7.48. The van der Waals surface area contributed by atoms with E-state index in [0.717, 1.165) is 18.5 Å². The lowest BCUT2D eigenvalue weighted by molar-refractivity contribution is -0.382. The van der Waals surface area contributed by atoms with Gasteiger partial charge in [-0.05, 0) is 30.5 Å². The molecule has 0 saturated carbocycles. The van der Waals surface area contributed by atoms with Gasteiger partial charge in [-0.1, -0.05) is 12.1 Å². The molecule has 2 aromatic heterocycles. The van der Waals surface area contributed by atoms with E-state index in [1.807, 2.05) is 0 Å². The van der Waals surface area contributed by atoms with Gasteiger partial charge < -0.3 is 14.0 Å². The van der Waals surface area contributed by atoms with Crippen LogP contribution in [-0.2, 0) is 10.1 Å². The van der Waals surface area contributed by atoms with Crippen molar-refractivity contribution in [3.8, 4) is 11.5 Å². The summed E-state index contributed by atoms with van der Waals surface area (Å²) in [6.45, 7) is 0.423. The Labute approximate surface area is 249 Å². The molecule has 1 saturated heterocycles. The second kappa shape index (κ2) is 11.9. The van der Waals surface area contributed by atoms with Crippen molar-refractivity contribution in [3.05, 3.63) is 54.1 Å². The molecule has 1 aliphatic heterocycles. The number of alkyl halides is 12. The average Bonchev–Trinajstić information content (AvgIpc) is 2.95. The van der Waals surface area contributed by atoms with Gasteiger partial charge in [0.25, 0.3) is 0 Å². The Hall–Kier alpha value is -3.66. The molecule has 1 atom stereocenters. The van der Waals surface area contributed by atoms with Crippen molar-refractivity contribution in [1.29, 1.82) is 0 Å². The number of hydrogen-bond donors (Lipinski definition) is 1. The summed E-state index contributed by atoms with van der Waals surface area (Å²) in [6, 6.07) is 5.08. The fourth-order valence-electron chi connectivity index (χ4n) is 4.46. The quantitative estimate of drug-likeness (QED) is 0.214.